The number of hydrogen-bond acceptors (Lipinski definition) is 5. The molecule has 6 heteroatoms. The van der Waals surface area contributed by atoms with Gasteiger partial charge in [0, 0.05) is 23.7 Å². The summed E-state index contributed by atoms with van der Waals surface area (Å²) in [5.74, 6) is 2.32. The fourth-order valence-corrected chi connectivity index (χ4v) is 5.05. The summed E-state index contributed by atoms with van der Waals surface area (Å²) in [6, 6.07) is 14.2. The third-order valence-corrected chi connectivity index (χ3v) is 6.97. The van der Waals surface area contributed by atoms with Crippen LogP contribution in [0.3, 0.4) is 0 Å². The van der Waals surface area contributed by atoms with Crippen molar-refractivity contribution in [1.29, 1.82) is 0 Å². The summed E-state index contributed by atoms with van der Waals surface area (Å²) in [6.45, 7) is 0. The maximum absolute atomic E-state index is 6.01. The molecule has 3 N–H and O–H groups in total. The molecule has 31 heavy (non-hydrogen) atoms. The highest BCUT2D eigenvalue weighted by molar-refractivity contribution is 5.86. The van der Waals surface area contributed by atoms with Crippen LogP contribution in [0.15, 0.2) is 48.9 Å². The van der Waals surface area contributed by atoms with E-state index in [-0.39, 0.29) is 0 Å². The number of pyridine rings is 1. The molecule has 2 unspecified atom stereocenters. The molecule has 2 saturated carbocycles. The first-order valence-corrected chi connectivity index (χ1v) is 11.5. The van der Waals surface area contributed by atoms with Crippen molar-refractivity contribution >= 4 is 33.6 Å². The second-order valence-electron chi connectivity index (χ2n) is 9.23. The third kappa shape index (κ3) is 3.71. The van der Waals surface area contributed by atoms with E-state index in [0.717, 1.165) is 34.7 Å². The SMILES string of the molecule is Nc1ncnc2c1ccn2C1CCC(CCc2ccc3ccc(NC4CC4)nc3c2)C1. The highest BCUT2D eigenvalue weighted by Gasteiger charge is 2.27. The van der Waals surface area contributed by atoms with Gasteiger partial charge in [-0.3, -0.25) is 0 Å². The normalized spacial score (nSPS) is 21.2. The van der Waals surface area contributed by atoms with Crippen molar-refractivity contribution in [2.75, 3.05) is 11.1 Å². The number of hydrogen-bond donors (Lipinski definition) is 2. The van der Waals surface area contributed by atoms with E-state index in [9.17, 15) is 0 Å². The fraction of sp³-hybridized carbons (Fsp3) is 0.400. The van der Waals surface area contributed by atoms with Gasteiger partial charge in [-0.05, 0) is 80.7 Å². The van der Waals surface area contributed by atoms with Gasteiger partial charge in [-0.25, -0.2) is 15.0 Å². The molecule has 0 amide bonds. The van der Waals surface area contributed by atoms with Gasteiger partial charge < -0.3 is 15.6 Å². The molecular formula is C25H28N6. The first-order valence-electron chi connectivity index (χ1n) is 11.5. The lowest BCUT2D eigenvalue weighted by Crippen LogP contribution is -2.06. The Balaban J connectivity index is 1.12. The Morgan fingerprint density at radius 2 is 1.94 bits per heavy atom. The van der Waals surface area contributed by atoms with E-state index in [1.54, 1.807) is 6.33 Å². The van der Waals surface area contributed by atoms with Crippen molar-refractivity contribution in [2.24, 2.45) is 5.92 Å². The number of rotatable bonds is 6. The monoisotopic (exact) mass is 412 g/mol. The Hall–Kier alpha value is -3.15. The van der Waals surface area contributed by atoms with Crippen molar-refractivity contribution in [3.05, 3.63) is 54.5 Å². The number of nitrogens with one attached hydrogen (secondary N) is 1. The average molecular weight is 413 g/mol. The number of nitrogens with zero attached hydrogens (tertiary/aromatic N) is 4. The van der Waals surface area contributed by atoms with Crippen LogP contribution in [0.25, 0.3) is 21.9 Å². The Morgan fingerprint density at radius 1 is 1.03 bits per heavy atom. The van der Waals surface area contributed by atoms with E-state index in [4.69, 9.17) is 10.7 Å². The van der Waals surface area contributed by atoms with Crippen LogP contribution in [0.1, 0.15) is 50.1 Å². The third-order valence-electron chi connectivity index (χ3n) is 6.97. The Bertz CT molecular complexity index is 1240. The predicted molar refractivity (Wildman–Crippen MR) is 125 cm³/mol. The minimum Gasteiger partial charge on any atom is -0.383 e. The molecule has 0 saturated heterocycles. The van der Waals surface area contributed by atoms with Gasteiger partial charge in [0.1, 0.15) is 23.6 Å². The van der Waals surface area contributed by atoms with Crippen LogP contribution in [0, 0.1) is 5.92 Å². The smallest absolute Gasteiger partial charge is 0.145 e. The average Bonchev–Trinajstić information content (AvgIpc) is 3.29. The maximum Gasteiger partial charge on any atom is 0.145 e. The summed E-state index contributed by atoms with van der Waals surface area (Å²) < 4.78 is 2.31. The van der Waals surface area contributed by atoms with Crippen LogP contribution in [0.2, 0.25) is 0 Å². The molecule has 3 aromatic heterocycles. The molecule has 0 aliphatic heterocycles. The molecule has 0 radical (unpaired) electrons. The molecule has 1 aromatic carbocycles. The van der Waals surface area contributed by atoms with E-state index in [1.807, 2.05) is 6.07 Å². The summed E-state index contributed by atoms with van der Waals surface area (Å²) in [4.78, 5) is 13.4. The number of aryl methyl sites for hydroxylation is 1. The van der Waals surface area contributed by atoms with E-state index < -0.39 is 0 Å². The zero-order chi connectivity index (χ0) is 20.8. The Morgan fingerprint density at radius 3 is 2.84 bits per heavy atom. The quantitative estimate of drug-likeness (QED) is 0.460. The second-order valence-corrected chi connectivity index (χ2v) is 9.23. The minimum absolute atomic E-state index is 0.506. The number of nitrogen functional groups attached to an aromatic ring is 1. The summed E-state index contributed by atoms with van der Waals surface area (Å²) in [6.07, 6.45) is 12.2. The highest BCUT2D eigenvalue weighted by atomic mass is 15.1. The van der Waals surface area contributed by atoms with E-state index in [2.05, 4.69) is 56.4 Å². The van der Waals surface area contributed by atoms with Crippen LogP contribution in [-0.4, -0.2) is 25.6 Å². The summed E-state index contributed by atoms with van der Waals surface area (Å²) in [7, 11) is 0. The highest BCUT2D eigenvalue weighted by Crippen LogP contribution is 2.39. The van der Waals surface area contributed by atoms with Crippen molar-refractivity contribution < 1.29 is 0 Å². The second kappa shape index (κ2) is 7.52. The molecule has 0 bridgehead atoms. The Labute approximate surface area is 181 Å². The lowest BCUT2D eigenvalue weighted by atomic mass is 9.97. The van der Waals surface area contributed by atoms with Gasteiger partial charge in [-0.15, -0.1) is 0 Å². The standard InChI is InChI=1S/C25H28N6/c26-24-21-11-12-31(25(21)28-15-27-24)20-9-4-16(13-20)1-2-17-3-5-18-6-10-23(29-19-7-8-19)30-22(18)14-17/h3,5-6,10-12,14-16,19-20H,1-2,4,7-9,13H2,(H,29,30)(H2,26,27,28). The lowest BCUT2D eigenvalue weighted by molar-refractivity contribution is 0.461. The molecule has 158 valence electrons. The van der Waals surface area contributed by atoms with Crippen molar-refractivity contribution in [3.63, 3.8) is 0 Å². The first-order chi connectivity index (χ1) is 15.2. The fourth-order valence-electron chi connectivity index (χ4n) is 5.05. The summed E-state index contributed by atoms with van der Waals surface area (Å²) in [5, 5.41) is 5.69. The number of nitrogens with two attached hydrogens (primary N) is 1. The Kier molecular flexibility index (Phi) is 4.51. The first kappa shape index (κ1) is 18.6. The zero-order valence-corrected chi connectivity index (χ0v) is 17.7. The summed E-state index contributed by atoms with van der Waals surface area (Å²) >= 11 is 0. The molecule has 4 aromatic rings. The van der Waals surface area contributed by atoms with Gasteiger partial charge in [0.2, 0.25) is 0 Å². The van der Waals surface area contributed by atoms with Crippen LogP contribution < -0.4 is 11.1 Å². The number of fused-ring (bicyclic) bond motifs is 2. The van der Waals surface area contributed by atoms with Gasteiger partial charge in [-0.1, -0.05) is 12.1 Å². The molecule has 0 spiro atoms. The van der Waals surface area contributed by atoms with Crippen molar-refractivity contribution in [2.45, 2.75) is 57.0 Å². The van der Waals surface area contributed by atoms with Crippen LogP contribution in [0.5, 0.6) is 0 Å². The number of benzene rings is 1. The topological polar surface area (TPSA) is 81.6 Å². The van der Waals surface area contributed by atoms with Crippen LogP contribution in [0.4, 0.5) is 11.6 Å². The van der Waals surface area contributed by atoms with Gasteiger partial charge >= 0.3 is 0 Å². The van der Waals surface area contributed by atoms with Gasteiger partial charge in [0.05, 0.1) is 10.9 Å². The lowest BCUT2D eigenvalue weighted by Gasteiger charge is -2.14. The van der Waals surface area contributed by atoms with Gasteiger partial charge in [-0.2, -0.15) is 0 Å². The van der Waals surface area contributed by atoms with E-state index in [1.165, 1.54) is 49.5 Å². The molecule has 3 heterocycles. The van der Waals surface area contributed by atoms with Crippen molar-refractivity contribution in [1.82, 2.24) is 19.5 Å². The number of aromatic nitrogens is 4. The predicted octanol–water partition coefficient (Wildman–Crippen LogP) is 5.11. The van der Waals surface area contributed by atoms with Gasteiger partial charge in [0.25, 0.3) is 0 Å². The molecule has 6 rings (SSSR count). The molecule has 2 aliphatic rings. The zero-order valence-electron chi connectivity index (χ0n) is 17.7. The maximum atomic E-state index is 6.01. The van der Waals surface area contributed by atoms with Gasteiger partial charge in [0.15, 0.2) is 0 Å². The molecule has 2 aliphatic carbocycles. The largest absolute Gasteiger partial charge is 0.383 e. The molecule has 2 atom stereocenters. The van der Waals surface area contributed by atoms with E-state index in [0.29, 0.717) is 17.9 Å². The summed E-state index contributed by atoms with van der Waals surface area (Å²) in [5.41, 5.74) is 9.46. The molecular weight excluding hydrogens is 384 g/mol. The van der Waals surface area contributed by atoms with Crippen molar-refractivity contribution in [3.8, 4) is 0 Å². The van der Waals surface area contributed by atoms with Crippen LogP contribution in [-0.2, 0) is 6.42 Å². The minimum atomic E-state index is 0.506. The molecule has 6 nitrogen and oxygen atoms in total. The number of anilines is 2. The van der Waals surface area contributed by atoms with Crippen LogP contribution >= 0.6 is 0 Å². The molecule has 2 fully saturated rings. The van der Waals surface area contributed by atoms with E-state index >= 15 is 0 Å².